The standard InChI is InChI=1S/C25H37N3/c1-20(2)24-13-11-22-18-21(10-12-25(22)26-24)19-27-14-16-28(17-15-27)23-8-6-4-3-5-7-9-23/h10-13,18,20,23H,3-9,14-17,19H2,1-2H3. The third kappa shape index (κ3) is 4.93. The number of hydrogen-bond donors (Lipinski definition) is 0. The minimum atomic E-state index is 0.484. The van der Waals surface area contributed by atoms with Gasteiger partial charge in [-0.15, -0.1) is 0 Å². The SMILES string of the molecule is CC(C)c1ccc2cc(CN3CCN(C4CCCCCCC4)CC3)ccc2n1. The topological polar surface area (TPSA) is 19.4 Å². The maximum Gasteiger partial charge on any atom is 0.0705 e. The second kappa shape index (κ2) is 9.37. The van der Waals surface area contributed by atoms with Gasteiger partial charge in [0.05, 0.1) is 5.52 Å². The lowest BCUT2D eigenvalue weighted by atomic mass is 9.95. The Hall–Kier alpha value is -1.45. The van der Waals surface area contributed by atoms with Crippen molar-refractivity contribution in [3.05, 3.63) is 41.6 Å². The second-order valence-corrected chi connectivity index (χ2v) is 9.23. The third-order valence-corrected chi connectivity index (χ3v) is 6.77. The molecule has 2 heterocycles. The highest BCUT2D eigenvalue weighted by atomic mass is 15.3. The molecular weight excluding hydrogens is 342 g/mol. The van der Waals surface area contributed by atoms with Gasteiger partial charge in [-0.3, -0.25) is 14.8 Å². The molecule has 0 spiro atoms. The minimum Gasteiger partial charge on any atom is -0.298 e. The summed E-state index contributed by atoms with van der Waals surface area (Å²) < 4.78 is 0. The fourth-order valence-corrected chi connectivity index (χ4v) is 4.96. The van der Waals surface area contributed by atoms with Crippen LogP contribution >= 0.6 is 0 Å². The summed E-state index contributed by atoms with van der Waals surface area (Å²) in [4.78, 5) is 10.2. The van der Waals surface area contributed by atoms with Crippen molar-refractivity contribution in [3.63, 3.8) is 0 Å². The summed E-state index contributed by atoms with van der Waals surface area (Å²) in [5.74, 6) is 0.484. The van der Waals surface area contributed by atoms with Gasteiger partial charge in [-0.05, 0) is 42.5 Å². The van der Waals surface area contributed by atoms with E-state index in [2.05, 4.69) is 54.0 Å². The maximum absolute atomic E-state index is 4.82. The summed E-state index contributed by atoms with van der Waals surface area (Å²) in [5.41, 5.74) is 3.74. The monoisotopic (exact) mass is 379 g/mol. The number of aromatic nitrogens is 1. The molecule has 4 rings (SSSR count). The van der Waals surface area contributed by atoms with Crippen molar-refractivity contribution in [2.45, 2.75) is 77.3 Å². The number of nitrogens with zero attached hydrogens (tertiary/aromatic N) is 3. The molecular formula is C25H37N3. The van der Waals surface area contributed by atoms with Crippen LogP contribution in [-0.2, 0) is 6.54 Å². The van der Waals surface area contributed by atoms with E-state index >= 15 is 0 Å². The first kappa shape index (κ1) is 19.8. The molecule has 1 saturated carbocycles. The summed E-state index contributed by atoms with van der Waals surface area (Å²) >= 11 is 0. The first-order valence-corrected chi connectivity index (χ1v) is 11.5. The van der Waals surface area contributed by atoms with E-state index in [9.17, 15) is 0 Å². The molecule has 0 unspecified atom stereocenters. The molecule has 3 heteroatoms. The largest absolute Gasteiger partial charge is 0.298 e. The number of hydrogen-bond acceptors (Lipinski definition) is 3. The Morgan fingerprint density at radius 2 is 1.61 bits per heavy atom. The van der Waals surface area contributed by atoms with Gasteiger partial charge in [0.25, 0.3) is 0 Å². The van der Waals surface area contributed by atoms with Crippen LogP contribution in [0.5, 0.6) is 0 Å². The van der Waals surface area contributed by atoms with Crippen LogP contribution in [0.4, 0.5) is 0 Å². The molecule has 0 N–H and O–H groups in total. The van der Waals surface area contributed by atoms with Crippen molar-refractivity contribution in [1.29, 1.82) is 0 Å². The fraction of sp³-hybridized carbons (Fsp3) is 0.640. The van der Waals surface area contributed by atoms with Gasteiger partial charge in [-0.25, -0.2) is 0 Å². The van der Waals surface area contributed by atoms with Crippen LogP contribution in [0.25, 0.3) is 10.9 Å². The minimum absolute atomic E-state index is 0.484. The molecule has 1 saturated heterocycles. The van der Waals surface area contributed by atoms with Gasteiger partial charge >= 0.3 is 0 Å². The van der Waals surface area contributed by atoms with Crippen molar-refractivity contribution in [2.24, 2.45) is 0 Å². The normalized spacial score (nSPS) is 21.1. The van der Waals surface area contributed by atoms with E-state index in [0.717, 1.165) is 18.1 Å². The van der Waals surface area contributed by atoms with E-state index in [0.29, 0.717) is 5.92 Å². The zero-order valence-corrected chi connectivity index (χ0v) is 17.9. The van der Waals surface area contributed by atoms with Gasteiger partial charge in [0.2, 0.25) is 0 Å². The molecule has 0 bridgehead atoms. The Labute approximate surface area is 171 Å². The summed E-state index contributed by atoms with van der Waals surface area (Å²) in [6.45, 7) is 10.4. The Morgan fingerprint density at radius 3 is 2.32 bits per heavy atom. The quantitative estimate of drug-likeness (QED) is 0.690. The van der Waals surface area contributed by atoms with Crippen molar-refractivity contribution < 1.29 is 0 Å². The highest BCUT2D eigenvalue weighted by Gasteiger charge is 2.24. The lowest BCUT2D eigenvalue weighted by Crippen LogP contribution is -2.50. The third-order valence-electron chi connectivity index (χ3n) is 6.77. The van der Waals surface area contributed by atoms with Gasteiger partial charge in [0, 0.05) is 49.8 Å². The van der Waals surface area contributed by atoms with Crippen molar-refractivity contribution in [3.8, 4) is 0 Å². The summed E-state index contributed by atoms with van der Waals surface area (Å²) in [7, 11) is 0. The average Bonchev–Trinajstić information content (AvgIpc) is 2.68. The van der Waals surface area contributed by atoms with Crippen LogP contribution in [0.15, 0.2) is 30.3 Å². The summed E-state index contributed by atoms with van der Waals surface area (Å²) in [6, 6.07) is 12.1. The van der Waals surface area contributed by atoms with Gasteiger partial charge in [-0.2, -0.15) is 0 Å². The van der Waals surface area contributed by atoms with Crippen LogP contribution in [0, 0.1) is 0 Å². The highest BCUT2D eigenvalue weighted by Crippen LogP contribution is 2.24. The van der Waals surface area contributed by atoms with E-state index in [1.54, 1.807) is 0 Å². The van der Waals surface area contributed by atoms with E-state index in [-0.39, 0.29) is 0 Å². The molecule has 0 amide bonds. The van der Waals surface area contributed by atoms with Gasteiger partial charge in [0.15, 0.2) is 0 Å². The molecule has 0 radical (unpaired) electrons. The Balaban J connectivity index is 1.33. The maximum atomic E-state index is 4.82. The Bertz CT molecular complexity index is 753. The van der Waals surface area contributed by atoms with Gasteiger partial charge in [0.1, 0.15) is 0 Å². The molecule has 152 valence electrons. The number of pyridine rings is 1. The average molecular weight is 380 g/mol. The Kier molecular flexibility index (Phi) is 6.64. The molecule has 1 aromatic heterocycles. The smallest absolute Gasteiger partial charge is 0.0705 e. The molecule has 2 aliphatic rings. The van der Waals surface area contributed by atoms with Crippen LogP contribution in [0.2, 0.25) is 0 Å². The molecule has 2 aromatic rings. The van der Waals surface area contributed by atoms with Crippen LogP contribution < -0.4 is 0 Å². The van der Waals surface area contributed by atoms with Crippen LogP contribution in [0.3, 0.4) is 0 Å². The van der Waals surface area contributed by atoms with Crippen molar-refractivity contribution in [1.82, 2.24) is 14.8 Å². The predicted octanol–water partition coefficient (Wildman–Crippen LogP) is 5.59. The van der Waals surface area contributed by atoms with Crippen molar-refractivity contribution >= 4 is 10.9 Å². The van der Waals surface area contributed by atoms with E-state index in [4.69, 9.17) is 4.98 Å². The molecule has 1 aliphatic carbocycles. The lowest BCUT2D eigenvalue weighted by Gasteiger charge is -2.40. The summed E-state index contributed by atoms with van der Waals surface area (Å²) in [6.07, 6.45) is 10.1. The van der Waals surface area contributed by atoms with E-state index < -0.39 is 0 Å². The predicted molar refractivity (Wildman–Crippen MR) is 119 cm³/mol. The lowest BCUT2D eigenvalue weighted by molar-refractivity contribution is 0.0800. The van der Waals surface area contributed by atoms with E-state index in [1.165, 1.54) is 87.8 Å². The number of benzene rings is 1. The first-order chi connectivity index (χ1) is 13.7. The second-order valence-electron chi connectivity index (χ2n) is 9.23. The number of piperazine rings is 1. The molecule has 0 atom stereocenters. The van der Waals surface area contributed by atoms with Gasteiger partial charge in [-0.1, -0.05) is 58.1 Å². The fourth-order valence-electron chi connectivity index (χ4n) is 4.96. The zero-order chi connectivity index (χ0) is 19.3. The molecule has 28 heavy (non-hydrogen) atoms. The number of fused-ring (bicyclic) bond motifs is 1. The highest BCUT2D eigenvalue weighted by molar-refractivity contribution is 5.79. The van der Waals surface area contributed by atoms with E-state index in [1.807, 2.05) is 0 Å². The summed E-state index contributed by atoms with van der Waals surface area (Å²) in [5, 5.41) is 1.27. The Morgan fingerprint density at radius 1 is 0.893 bits per heavy atom. The van der Waals surface area contributed by atoms with Crippen LogP contribution in [-0.4, -0.2) is 47.0 Å². The molecule has 3 nitrogen and oxygen atoms in total. The van der Waals surface area contributed by atoms with Crippen molar-refractivity contribution in [2.75, 3.05) is 26.2 Å². The first-order valence-electron chi connectivity index (χ1n) is 11.5. The molecule has 2 fully saturated rings. The van der Waals surface area contributed by atoms with Crippen LogP contribution in [0.1, 0.15) is 76.0 Å². The molecule has 1 aromatic carbocycles. The molecule has 1 aliphatic heterocycles. The number of rotatable bonds is 4. The van der Waals surface area contributed by atoms with Gasteiger partial charge < -0.3 is 0 Å². The zero-order valence-electron chi connectivity index (χ0n) is 17.9.